The van der Waals surface area contributed by atoms with Gasteiger partial charge in [0, 0.05) is 37.8 Å². The van der Waals surface area contributed by atoms with Crippen molar-refractivity contribution in [2.75, 3.05) is 50.8 Å². The summed E-state index contributed by atoms with van der Waals surface area (Å²) in [6, 6.07) is 5.76. The maximum atomic E-state index is 12.5. The van der Waals surface area contributed by atoms with Crippen molar-refractivity contribution in [1.29, 1.82) is 0 Å². The first-order valence-electron chi connectivity index (χ1n) is 9.25. The summed E-state index contributed by atoms with van der Waals surface area (Å²) in [6.45, 7) is 7.08. The Hall–Kier alpha value is -2.32. The largest absolute Gasteiger partial charge is 0.486 e. The molecule has 1 fully saturated rings. The number of fused-ring (bicyclic) bond motifs is 1. The molecule has 0 radical (unpaired) electrons. The van der Waals surface area contributed by atoms with Crippen LogP contribution in [0.3, 0.4) is 0 Å². The molecule has 8 heteroatoms. The van der Waals surface area contributed by atoms with E-state index in [0.29, 0.717) is 19.8 Å². The van der Waals surface area contributed by atoms with Crippen LogP contribution >= 0.6 is 11.3 Å². The Morgan fingerprint density at radius 3 is 2.74 bits per heavy atom. The molecule has 144 valence electrons. The summed E-state index contributed by atoms with van der Waals surface area (Å²) in [5.74, 6) is 1.56. The minimum absolute atomic E-state index is 0.0417. The Balaban J connectivity index is 1.27. The first-order valence-corrected chi connectivity index (χ1v) is 10.1. The highest BCUT2D eigenvalue weighted by molar-refractivity contribution is 7.13. The molecular formula is C19H24N4O3S. The van der Waals surface area contributed by atoms with Gasteiger partial charge in [-0.2, -0.15) is 0 Å². The number of thiazole rings is 1. The van der Waals surface area contributed by atoms with Crippen molar-refractivity contribution in [3.05, 3.63) is 35.3 Å². The summed E-state index contributed by atoms with van der Waals surface area (Å²) in [6.07, 6.45) is 1.83. The standard InChI is InChI=1S/C19H24N4O3S/c1-14(15-2-3-16-17(12-15)26-10-9-25-16)21-18(24)13-22-5-7-23(8-6-22)19-20-4-11-27-19/h2-4,11-12,14H,5-10,13H2,1H3,(H,21,24)/t14-/m0/s1. The van der Waals surface area contributed by atoms with E-state index >= 15 is 0 Å². The van der Waals surface area contributed by atoms with E-state index in [1.165, 1.54) is 0 Å². The van der Waals surface area contributed by atoms with Gasteiger partial charge in [0.05, 0.1) is 12.6 Å². The third kappa shape index (κ3) is 4.33. The average Bonchev–Trinajstić information content (AvgIpc) is 3.23. The van der Waals surface area contributed by atoms with Gasteiger partial charge in [-0.05, 0) is 24.6 Å². The smallest absolute Gasteiger partial charge is 0.234 e. The van der Waals surface area contributed by atoms with Gasteiger partial charge < -0.3 is 19.7 Å². The van der Waals surface area contributed by atoms with Gasteiger partial charge in [-0.15, -0.1) is 11.3 Å². The van der Waals surface area contributed by atoms with Crippen molar-refractivity contribution in [1.82, 2.24) is 15.2 Å². The SMILES string of the molecule is C[C@H](NC(=O)CN1CCN(c2nccs2)CC1)c1ccc2c(c1)OCCO2. The number of hydrogen-bond donors (Lipinski definition) is 1. The number of nitrogens with zero attached hydrogens (tertiary/aromatic N) is 3. The molecule has 0 aliphatic carbocycles. The van der Waals surface area contributed by atoms with Crippen LogP contribution in [0.25, 0.3) is 0 Å². The lowest BCUT2D eigenvalue weighted by atomic mass is 10.1. The second kappa shape index (κ2) is 8.14. The number of carbonyl (C=O) groups excluding carboxylic acids is 1. The van der Waals surface area contributed by atoms with Crippen LogP contribution in [0.15, 0.2) is 29.8 Å². The number of benzene rings is 1. The summed E-state index contributed by atoms with van der Waals surface area (Å²) in [4.78, 5) is 21.3. The van der Waals surface area contributed by atoms with Gasteiger partial charge in [0.25, 0.3) is 0 Å². The Kier molecular flexibility index (Phi) is 5.45. The van der Waals surface area contributed by atoms with E-state index in [0.717, 1.165) is 48.4 Å². The molecule has 0 spiro atoms. The molecular weight excluding hydrogens is 364 g/mol. The molecule has 4 rings (SSSR count). The number of anilines is 1. The molecule has 1 saturated heterocycles. The number of piperazine rings is 1. The molecule has 2 aliphatic heterocycles. The van der Waals surface area contributed by atoms with Crippen LogP contribution in [0.5, 0.6) is 11.5 Å². The van der Waals surface area contributed by atoms with E-state index in [9.17, 15) is 4.79 Å². The van der Waals surface area contributed by atoms with Gasteiger partial charge >= 0.3 is 0 Å². The van der Waals surface area contributed by atoms with Gasteiger partial charge in [0.2, 0.25) is 5.91 Å². The Morgan fingerprint density at radius 1 is 1.22 bits per heavy atom. The number of rotatable bonds is 5. The van der Waals surface area contributed by atoms with E-state index in [1.54, 1.807) is 11.3 Å². The van der Waals surface area contributed by atoms with Crippen molar-refractivity contribution in [2.24, 2.45) is 0 Å². The molecule has 2 aliphatic rings. The second-order valence-electron chi connectivity index (χ2n) is 6.77. The molecule has 0 bridgehead atoms. The lowest BCUT2D eigenvalue weighted by Crippen LogP contribution is -2.49. The molecule has 0 saturated carbocycles. The van der Waals surface area contributed by atoms with Gasteiger partial charge in [-0.3, -0.25) is 9.69 Å². The monoisotopic (exact) mass is 388 g/mol. The van der Waals surface area contributed by atoms with E-state index in [2.05, 4.69) is 20.1 Å². The minimum Gasteiger partial charge on any atom is -0.486 e. The van der Waals surface area contributed by atoms with Gasteiger partial charge in [0.15, 0.2) is 16.6 Å². The number of amides is 1. The van der Waals surface area contributed by atoms with Crippen molar-refractivity contribution in [3.63, 3.8) is 0 Å². The van der Waals surface area contributed by atoms with Gasteiger partial charge in [-0.25, -0.2) is 4.98 Å². The highest BCUT2D eigenvalue weighted by Crippen LogP contribution is 2.32. The number of ether oxygens (including phenoxy) is 2. The van der Waals surface area contributed by atoms with Crippen LogP contribution in [-0.2, 0) is 4.79 Å². The van der Waals surface area contributed by atoms with E-state index < -0.39 is 0 Å². The average molecular weight is 388 g/mol. The van der Waals surface area contributed by atoms with Crippen LogP contribution in [0.2, 0.25) is 0 Å². The number of aromatic nitrogens is 1. The fourth-order valence-electron chi connectivity index (χ4n) is 3.37. The molecule has 1 N–H and O–H groups in total. The lowest BCUT2D eigenvalue weighted by molar-refractivity contribution is -0.123. The molecule has 1 atom stereocenters. The molecule has 0 unspecified atom stereocenters. The maximum Gasteiger partial charge on any atom is 0.234 e. The summed E-state index contributed by atoms with van der Waals surface area (Å²) < 4.78 is 11.2. The zero-order valence-electron chi connectivity index (χ0n) is 15.4. The van der Waals surface area contributed by atoms with Crippen LogP contribution in [0.1, 0.15) is 18.5 Å². The van der Waals surface area contributed by atoms with E-state index in [1.807, 2.05) is 36.7 Å². The summed E-state index contributed by atoms with van der Waals surface area (Å²) in [5.41, 5.74) is 1.01. The molecule has 1 amide bonds. The number of carbonyl (C=O) groups is 1. The first kappa shape index (κ1) is 18.1. The highest BCUT2D eigenvalue weighted by atomic mass is 32.1. The van der Waals surface area contributed by atoms with Crippen LogP contribution < -0.4 is 19.7 Å². The second-order valence-corrected chi connectivity index (χ2v) is 7.64. The Morgan fingerprint density at radius 2 is 2.00 bits per heavy atom. The normalized spacial score (nSPS) is 18.2. The third-order valence-electron chi connectivity index (χ3n) is 4.87. The first-order chi connectivity index (χ1) is 13.2. The predicted octanol–water partition coefficient (Wildman–Crippen LogP) is 1.91. The number of hydrogen-bond acceptors (Lipinski definition) is 7. The summed E-state index contributed by atoms with van der Waals surface area (Å²) in [5, 5.41) is 6.14. The Bertz CT molecular complexity index is 775. The predicted molar refractivity (Wildman–Crippen MR) is 105 cm³/mol. The minimum atomic E-state index is -0.0788. The van der Waals surface area contributed by atoms with E-state index in [-0.39, 0.29) is 11.9 Å². The lowest BCUT2D eigenvalue weighted by Gasteiger charge is -2.34. The fourth-order valence-corrected chi connectivity index (χ4v) is 4.07. The zero-order chi connectivity index (χ0) is 18.6. The topological polar surface area (TPSA) is 66.9 Å². The summed E-state index contributed by atoms with van der Waals surface area (Å²) >= 11 is 1.66. The van der Waals surface area contributed by atoms with Crippen molar-refractivity contribution >= 4 is 22.4 Å². The van der Waals surface area contributed by atoms with Crippen molar-refractivity contribution < 1.29 is 14.3 Å². The van der Waals surface area contributed by atoms with Crippen LogP contribution in [0.4, 0.5) is 5.13 Å². The van der Waals surface area contributed by atoms with Gasteiger partial charge in [-0.1, -0.05) is 6.07 Å². The van der Waals surface area contributed by atoms with Crippen molar-refractivity contribution in [3.8, 4) is 11.5 Å². The van der Waals surface area contributed by atoms with E-state index in [4.69, 9.17) is 9.47 Å². The third-order valence-corrected chi connectivity index (χ3v) is 5.71. The Labute approximate surface area is 162 Å². The summed E-state index contributed by atoms with van der Waals surface area (Å²) in [7, 11) is 0. The van der Waals surface area contributed by atoms with Crippen molar-refractivity contribution in [2.45, 2.75) is 13.0 Å². The fraction of sp³-hybridized carbons (Fsp3) is 0.474. The molecule has 1 aromatic heterocycles. The van der Waals surface area contributed by atoms with Gasteiger partial charge in [0.1, 0.15) is 13.2 Å². The van der Waals surface area contributed by atoms with Crippen LogP contribution in [0, 0.1) is 0 Å². The zero-order valence-corrected chi connectivity index (χ0v) is 16.2. The highest BCUT2D eigenvalue weighted by Gasteiger charge is 2.21. The molecule has 1 aromatic carbocycles. The molecule has 7 nitrogen and oxygen atoms in total. The maximum absolute atomic E-state index is 12.5. The quantitative estimate of drug-likeness (QED) is 0.844. The molecule has 3 heterocycles. The van der Waals surface area contributed by atoms with Crippen LogP contribution in [-0.4, -0.2) is 61.7 Å². The number of nitrogens with one attached hydrogen (secondary N) is 1. The molecule has 27 heavy (non-hydrogen) atoms. The molecule has 2 aromatic rings.